The maximum atomic E-state index is 11.1. The Kier molecular flexibility index (Phi) is 3.82. The van der Waals surface area contributed by atoms with Crippen molar-refractivity contribution in [3.05, 3.63) is 35.4 Å². The standard InChI is InChI=1S/C10H11ClOS/c1-7(11)6-8-4-2-3-5-9(8)10(12)13/h2-5,7H,6H2,1H3,(H,12,13). The predicted molar refractivity (Wildman–Crippen MR) is 58.8 cm³/mol. The van der Waals surface area contributed by atoms with Crippen molar-refractivity contribution >= 4 is 29.3 Å². The van der Waals surface area contributed by atoms with Gasteiger partial charge in [0.2, 0.25) is 5.12 Å². The third-order valence-electron chi connectivity index (χ3n) is 1.75. The first kappa shape index (κ1) is 10.6. The van der Waals surface area contributed by atoms with E-state index >= 15 is 0 Å². The van der Waals surface area contributed by atoms with Gasteiger partial charge in [0.15, 0.2) is 0 Å². The number of alkyl halides is 1. The second kappa shape index (κ2) is 4.68. The Labute approximate surface area is 88.5 Å². The summed E-state index contributed by atoms with van der Waals surface area (Å²) in [5.74, 6) is 0. The molecule has 0 aromatic heterocycles. The van der Waals surface area contributed by atoms with Crippen molar-refractivity contribution in [2.75, 3.05) is 0 Å². The van der Waals surface area contributed by atoms with Gasteiger partial charge in [0.05, 0.1) is 0 Å². The molecule has 1 aromatic rings. The summed E-state index contributed by atoms with van der Waals surface area (Å²) in [4.78, 5) is 11.1. The van der Waals surface area contributed by atoms with Crippen molar-refractivity contribution in [1.29, 1.82) is 0 Å². The minimum Gasteiger partial charge on any atom is -0.282 e. The van der Waals surface area contributed by atoms with Crippen LogP contribution in [-0.2, 0) is 6.42 Å². The predicted octanol–water partition coefficient (Wildman–Crippen LogP) is 2.93. The first-order valence-electron chi connectivity index (χ1n) is 4.06. The van der Waals surface area contributed by atoms with Gasteiger partial charge in [0.1, 0.15) is 0 Å². The fourth-order valence-corrected chi connectivity index (χ4v) is 1.59. The molecule has 0 spiro atoms. The number of halogens is 1. The molecule has 1 atom stereocenters. The Morgan fingerprint density at radius 3 is 2.69 bits per heavy atom. The average molecular weight is 215 g/mol. The van der Waals surface area contributed by atoms with Crippen molar-refractivity contribution in [2.45, 2.75) is 18.7 Å². The van der Waals surface area contributed by atoms with Crippen LogP contribution in [0.1, 0.15) is 22.8 Å². The molecule has 0 amide bonds. The molecule has 1 rings (SSSR count). The van der Waals surface area contributed by atoms with Gasteiger partial charge in [0, 0.05) is 10.9 Å². The molecular formula is C10H11ClOS. The molecule has 1 unspecified atom stereocenters. The third kappa shape index (κ3) is 3.05. The molecular weight excluding hydrogens is 204 g/mol. The molecule has 0 heterocycles. The van der Waals surface area contributed by atoms with Gasteiger partial charge in [-0.05, 0) is 18.9 Å². The first-order valence-corrected chi connectivity index (χ1v) is 4.95. The fourth-order valence-electron chi connectivity index (χ4n) is 1.21. The first-order chi connectivity index (χ1) is 6.11. The molecule has 1 aromatic carbocycles. The van der Waals surface area contributed by atoms with Crippen LogP contribution in [0.15, 0.2) is 24.3 Å². The topological polar surface area (TPSA) is 17.1 Å². The maximum Gasteiger partial charge on any atom is 0.216 e. The van der Waals surface area contributed by atoms with E-state index in [9.17, 15) is 4.79 Å². The molecule has 70 valence electrons. The number of carbonyl (C=O) groups is 1. The highest BCUT2D eigenvalue weighted by atomic mass is 35.5. The molecule has 0 saturated carbocycles. The Bertz CT molecular complexity index is 310. The molecule has 13 heavy (non-hydrogen) atoms. The molecule has 3 heteroatoms. The minimum absolute atomic E-state index is 0.0360. The van der Waals surface area contributed by atoms with E-state index < -0.39 is 0 Å². The van der Waals surface area contributed by atoms with E-state index in [0.717, 1.165) is 5.56 Å². The number of thiol groups is 1. The van der Waals surface area contributed by atoms with Crippen LogP contribution in [0.4, 0.5) is 0 Å². The van der Waals surface area contributed by atoms with Crippen LogP contribution in [0.25, 0.3) is 0 Å². The number of hydrogen-bond acceptors (Lipinski definition) is 1. The number of carbonyl (C=O) groups excluding carboxylic acids is 1. The zero-order valence-electron chi connectivity index (χ0n) is 7.33. The van der Waals surface area contributed by atoms with E-state index in [2.05, 4.69) is 12.6 Å². The normalized spacial score (nSPS) is 12.5. The monoisotopic (exact) mass is 214 g/mol. The van der Waals surface area contributed by atoms with Crippen LogP contribution >= 0.6 is 24.2 Å². The van der Waals surface area contributed by atoms with E-state index in [1.807, 2.05) is 25.1 Å². The highest BCUT2D eigenvalue weighted by Crippen LogP contribution is 2.15. The van der Waals surface area contributed by atoms with E-state index in [1.54, 1.807) is 6.07 Å². The van der Waals surface area contributed by atoms with Gasteiger partial charge in [-0.3, -0.25) is 4.79 Å². The molecule has 0 bridgehead atoms. The zero-order valence-corrected chi connectivity index (χ0v) is 8.98. The van der Waals surface area contributed by atoms with Crippen LogP contribution < -0.4 is 0 Å². The summed E-state index contributed by atoms with van der Waals surface area (Å²) in [5.41, 5.74) is 1.61. The summed E-state index contributed by atoms with van der Waals surface area (Å²) in [7, 11) is 0. The summed E-state index contributed by atoms with van der Waals surface area (Å²) in [6.45, 7) is 1.90. The van der Waals surface area contributed by atoms with Gasteiger partial charge in [-0.15, -0.1) is 24.2 Å². The van der Waals surface area contributed by atoms with E-state index in [1.165, 1.54) is 0 Å². The lowest BCUT2D eigenvalue weighted by Crippen LogP contribution is -2.03. The Balaban J connectivity index is 2.98. The van der Waals surface area contributed by atoms with Crippen LogP contribution in [0.3, 0.4) is 0 Å². The van der Waals surface area contributed by atoms with Crippen molar-refractivity contribution in [3.8, 4) is 0 Å². The molecule has 0 aliphatic carbocycles. The highest BCUT2D eigenvalue weighted by molar-refractivity contribution is 7.97. The lowest BCUT2D eigenvalue weighted by molar-refractivity contribution is 0.109. The van der Waals surface area contributed by atoms with Gasteiger partial charge in [-0.25, -0.2) is 0 Å². The van der Waals surface area contributed by atoms with Crippen LogP contribution in [0.5, 0.6) is 0 Å². The molecule has 0 aliphatic rings. The van der Waals surface area contributed by atoms with Crippen molar-refractivity contribution in [2.24, 2.45) is 0 Å². The van der Waals surface area contributed by atoms with Crippen LogP contribution in [-0.4, -0.2) is 10.5 Å². The van der Waals surface area contributed by atoms with Crippen LogP contribution in [0.2, 0.25) is 0 Å². The van der Waals surface area contributed by atoms with E-state index in [0.29, 0.717) is 12.0 Å². The quantitative estimate of drug-likeness (QED) is 0.605. The van der Waals surface area contributed by atoms with Crippen molar-refractivity contribution in [1.82, 2.24) is 0 Å². The molecule has 0 fully saturated rings. The number of rotatable bonds is 3. The lowest BCUT2D eigenvalue weighted by Gasteiger charge is -2.06. The number of benzene rings is 1. The summed E-state index contributed by atoms with van der Waals surface area (Å²) < 4.78 is 0. The Morgan fingerprint density at radius 1 is 1.54 bits per heavy atom. The Morgan fingerprint density at radius 2 is 2.15 bits per heavy atom. The lowest BCUT2D eigenvalue weighted by atomic mass is 10.0. The minimum atomic E-state index is -0.201. The zero-order chi connectivity index (χ0) is 9.84. The number of hydrogen-bond donors (Lipinski definition) is 1. The molecule has 0 N–H and O–H groups in total. The Hall–Kier alpha value is -0.470. The molecule has 0 saturated heterocycles. The van der Waals surface area contributed by atoms with E-state index in [-0.39, 0.29) is 10.5 Å². The maximum absolute atomic E-state index is 11.1. The van der Waals surface area contributed by atoms with Gasteiger partial charge >= 0.3 is 0 Å². The third-order valence-corrected chi connectivity index (χ3v) is 2.14. The summed E-state index contributed by atoms with van der Waals surface area (Å²) >= 11 is 9.65. The average Bonchev–Trinajstić information content (AvgIpc) is 2.03. The fraction of sp³-hybridized carbons (Fsp3) is 0.300. The van der Waals surface area contributed by atoms with Gasteiger partial charge in [-0.2, -0.15) is 0 Å². The van der Waals surface area contributed by atoms with Gasteiger partial charge in [0.25, 0.3) is 0 Å². The second-order valence-electron chi connectivity index (χ2n) is 2.95. The molecule has 0 radical (unpaired) electrons. The largest absolute Gasteiger partial charge is 0.282 e. The van der Waals surface area contributed by atoms with Crippen molar-refractivity contribution < 1.29 is 4.79 Å². The molecule has 1 nitrogen and oxygen atoms in total. The smallest absolute Gasteiger partial charge is 0.216 e. The SMILES string of the molecule is CC(Cl)Cc1ccccc1C(=O)S. The van der Waals surface area contributed by atoms with Crippen LogP contribution in [0, 0.1) is 0 Å². The van der Waals surface area contributed by atoms with Gasteiger partial charge < -0.3 is 0 Å². The van der Waals surface area contributed by atoms with Gasteiger partial charge in [-0.1, -0.05) is 24.3 Å². The summed E-state index contributed by atoms with van der Waals surface area (Å²) in [6.07, 6.45) is 0.698. The molecule has 0 aliphatic heterocycles. The van der Waals surface area contributed by atoms with Crippen molar-refractivity contribution in [3.63, 3.8) is 0 Å². The summed E-state index contributed by atoms with van der Waals surface area (Å²) in [5, 5.41) is -0.165. The van der Waals surface area contributed by atoms with E-state index in [4.69, 9.17) is 11.6 Å². The second-order valence-corrected chi connectivity index (χ2v) is 4.10. The highest BCUT2D eigenvalue weighted by Gasteiger charge is 2.08. The summed E-state index contributed by atoms with van der Waals surface area (Å²) in [6, 6.07) is 7.40.